The summed E-state index contributed by atoms with van der Waals surface area (Å²) >= 11 is 0. The SMILES string of the molecule is Cn1cc(CCC(=O)NCC(O)Cc2ccccc2)c2ccccc21. The van der Waals surface area contributed by atoms with E-state index in [4.69, 9.17) is 0 Å². The van der Waals surface area contributed by atoms with E-state index in [1.165, 1.54) is 16.5 Å². The summed E-state index contributed by atoms with van der Waals surface area (Å²) in [7, 11) is 2.02. The quantitative estimate of drug-likeness (QED) is 0.697. The van der Waals surface area contributed by atoms with Crippen LogP contribution in [0.3, 0.4) is 0 Å². The van der Waals surface area contributed by atoms with Crippen LogP contribution in [0, 0.1) is 0 Å². The predicted molar refractivity (Wildman–Crippen MR) is 100 cm³/mol. The molecule has 3 aromatic rings. The Kier molecular flexibility index (Phi) is 5.51. The highest BCUT2D eigenvalue weighted by atomic mass is 16.3. The fourth-order valence-electron chi connectivity index (χ4n) is 3.15. The minimum absolute atomic E-state index is 0.0277. The molecule has 0 radical (unpaired) electrons. The predicted octanol–water partition coefficient (Wildman–Crippen LogP) is 2.83. The lowest BCUT2D eigenvalue weighted by atomic mass is 10.1. The number of aromatic nitrogens is 1. The van der Waals surface area contributed by atoms with E-state index in [9.17, 15) is 9.90 Å². The van der Waals surface area contributed by atoms with E-state index in [2.05, 4.69) is 28.2 Å². The van der Waals surface area contributed by atoms with Crippen molar-refractivity contribution >= 4 is 16.8 Å². The van der Waals surface area contributed by atoms with Gasteiger partial charge in [-0.25, -0.2) is 0 Å². The Balaban J connectivity index is 1.48. The van der Waals surface area contributed by atoms with Crippen LogP contribution in [-0.2, 0) is 24.7 Å². The standard InChI is InChI=1S/C21H24N2O2/c1-23-15-17(19-9-5-6-10-20(19)23)11-12-21(25)22-14-18(24)13-16-7-3-2-4-8-16/h2-10,15,18,24H,11-14H2,1H3,(H,22,25). The van der Waals surface area contributed by atoms with Gasteiger partial charge in [-0.3, -0.25) is 4.79 Å². The van der Waals surface area contributed by atoms with Gasteiger partial charge in [0, 0.05) is 43.5 Å². The van der Waals surface area contributed by atoms with Crippen molar-refractivity contribution in [2.75, 3.05) is 6.54 Å². The minimum Gasteiger partial charge on any atom is -0.391 e. The van der Waals surface area contributed by atoms with Crippen LogP contribution in [0.25, 0.3) is 10.9 Å². The number of carbonyl (C=O) groups is 1. The van der Waals surface area contributed by atoms with Crippen LogP contribution in [-0.4, -0.2) is 28.2 Å². The van der Waals surface area contributed by atoms with Crippen LogP contribution in [0.1, 0.15) is 17.5 Å². The smallest absolute Gasteiger partial charge is 0.220 e. The maximum atomic E-state index is 12.1. The molecule has 0 spiro atoms. The molecule has 1 unspecified atom stereocenters. The van der Waals surface area contributed by atoms with Gasteiger partial charge >= 0.3 is 0 Å². The second-order valence-corrected chi connectivity index (χ2v) is 6.43. The summed E-state index contributed by atoms with van der Waals surface area (Å²) in [4.78, 5) is 12.1. The molecule has 0 saturated heterocycles. The van der Waals surface area contributed by atoms with Gasteiger partial charge in [0.15, 0.2) is 0 Å². The number of rotatable bonds is 7. The van der Waals surface area contributed by atoms with Gasteiger partial charge < -0.3 is 15.0 Å². The molecule has 0 aliphatic rings. The van der Waals surface area contributed by atoms with Crippen molar-refractivity contribution in [2.24, 2.45) is 7.05 Å². The van der Waals surface area contributed by atoms with Crippen LogP contribution in [0.2, 0.25) is 0 Å². The highest BCUT2D eigenvalue weighted by Crippen LogP contribution is 2.21. The van der Waals surface area contributed by atoms with Gasteiger partial charge in [-0.1, -0.05) is 48.5 Å². The van der Waals surface area contributed by atoms with Crippen molar-refractivity contribution in [1.82, 2.24) is 9.88 Å². The Morgan fingerprint density at radius 2 is 1.84 bits per heavy atom. The normalized spacial score (nSPS) is 12.2. The molecule has 0 fully saturated rings. The van der Waals surface area contributed by atoms with Crippen LogP contribution >= 0.6 is 0 Å². The largest absolute Gasteiger partial charge is 0.391 e. The lowest BCUT2D eigenvalue weighted by Crippen LogP contribution is -2.33. The topological polar surface area (TPSA) is 54.3 Å². The number of hydrogen-bond donors (Lipinski definition) is 2. The third kappa shape index (κ3) is 4.48. The van der Waals surface area contributed by atoms with Gasteiger partial charge in [0.25, 0.3) is 0 Å². The number of aliphatic hydroxyl groups is 1. The number of aryl methyl sites for hydroxylation is 2. The first-order chi connectivity index (χ1) is 12.1. The fourth-order valence-corrected chi connectivity index (χ4v) is 3.15. The van der Waals surface area contributed by atoms with Crippen molar-refractivity contribution in [3.63, 3.8) is 0 Å². The summed E-state index contributed by atoms with van der Waals surface area (Å²) in [5.41, 5.74) is 3.43. The highest BCUT2D eigenvalue weighted by molar-refractivity contribution is 5.84. The van der Waals surface area contributed by atoms with Gasteiger partial charge in [-0.2, -0.15) is 0 Å². The molecule has 1 aromatic heterocycles. The third-order valence-corrected chi connectivity index (χ3v) is 4.45. The summed E-state index contributed by atoms with van der Waals surface area (Å²) in [5, 5.41) is 14.1. The summed E-state index contributed by atoms with van der Waals surface area (Å²) in [5.74, 6) is -0.0277. The second-order valence-electron chi connectivity index (χ2n) is 6.43. The summed E-state index contributed by atoms with van der Waals surface area (Å²) in [6.07, 6.45) is 3.18. The van der Waals surface area contributed by atoms with Crippen LogP contribution in [0.15, 0.2) is 60.8 Å². The Morgan fingerprint density at radius 3 is 2.64 bits per heavy atom. The van der Waals surface area contributed by atoms with Gasteiger partial charge in [-0.15, -0.1) is 0 Å². The van der Waals surface area contributed by atoms with Crippen molar-refractivity contribution in [3.05, 3.63) is 71.9 Å². The molecule has 130 valence electrons. The molecule has 4 nitrogen and oxygen atoms in total. The average Bonchev–Trinajstić information content (AvgIpc) is 2.95. The first-order valence-electron chi connectivity index (χ1n) is 8.65. The maximum absolute atomic E-state index is 12.1. The molecule has 0 aliphatic carbocycles. The van der Waals surface area contributed by atoms with Crippen LogP contribution in [0.4, 0.5) is 0 Å². The molecule has 4 heteroatoms. The van der Waals surface area contributed by atoms with E-state index in [0.29, 0.717) is 19.3 Å². The lowest BCUT2D eigenvalue weighted by molar-refractivity contribution is -0.121. The Labute approximate surface area is 148 Å². The summed E-state index contributed by atoms with van der Waals surface area (Å²) in [6, 6.07) is 18.0. The molecule has 0 saturated carbocycles. The van der Waals surface area contributed by atoms with Crippen molar-refractivity contribution in [2.45, 2.75) is 25.4 Å². The number of carbonyl (C=O) groups excluding carboxylic acids is 1. The molecule has 1 atom stereocenters. The van der Waals surface area contributed by atoms with Crippen LogP contribution in [0.5, 0.6) is 0 Å². The van der Waals surface area contributed by atoms with Crippen molar-refractivity contribution in [1.29, 1.82) is 0 Å². The van der Waals surface area contributed by atoms with Gasteiger partial charge in [0.1, 0.15) is 0 Å². The Morgan fingerprint density at radius 1 is 1.12 bits per heavy atom. The number of aliphatic hydroxyl groups excluding tert-OH is 1. The van der Waals surface area contributed by atoms with Crippen molar-refractivity contribution in [3.8, 4) is 0 Å². The third-order valence-electron chi connectivity index (χ3n) is 4.45. The zero-order chi connectivity index (χ0) is 17.6. The Hall–Kier alpha value is -2.59. The molecule has 0 bridgehead atoms. The zero-order valence-electron chi connectivity index (χ0n) is 14.5. The molecule has 1 heterocycles. The zero-order valence-corrected chi connectivity index (χ0v) is 14.5. The van der Waals surface area contributed by atoms with Gasteiger partial charge in [-0.05, 0) is 23.6 Å². The minimum atomic E-state index is -0.566. The molecule has 2 aromatic carbocycles. The molecule has 0 aliphatic heterocycles. The van der Waals surface area contributed by atoms with E-state index in [1.807, 2.05) is 49.5 Å². The number of amides is 1. The number of benzene rings is 2. The highest BCUT2D eigenvalue weighted by Gasteiger charge is 2.10. The van der Waals surface area contributed by atoms with E-state index < -0.39 is 6.10 Å². The van der Waals surface area contributed by atoms with Crippen LogP contribution < -0.4 is 5.32 Å². The summed E-state index contributed by atoms with van der Waals surface area (Å²) in [6.45, 7) is 0.281. The first kappa shape index (κ1) is 17.2. The number of para-hydroxylation sites is 1. The van der Waals surface area contributed by atoms with E-state index in [-0.39, 0.29) is 12.5 Å². The Bertz CT molecular complexity index is 839. The van der Waals surface area contributed by atoms with E-state index >= 15 is 0 Å². The molecule has 1 amide bonds. The molecular weight excluding hydrogens is 312 g/mol. The van der Waals surface area contributed by atoms with E-state index in [1.54, 1.807) is 0 Å². The maximum Gasteiger partial charge on any atom is 0.220 e. The van der Waals surface area contributed by atoms with Gasteiger partial charge in [0.2, 0.25) is 5.91 Å². The second kappa shape index (κ2) is 7.99. The van der Waals surface area contributed by atoms with Crippen molar-refractivity contribution < 1.29 is 9.90 Å². The number of hydrogen-bond acceptors (Lipinski definition) is 2. The monoisotopic (exact) mass is 336 g/mol. The number of fused-ring (bicyclic) bond motifs is 1. The average molecular weight is 336 g/mol. The lowest BCUT2D eigenvalue weighted by Gasteiger charge is -2.12. The summed E-state index contributed by atoms with van der Waals surface area (Å²) < 4.78 is 2.09. The fraction of sp³-hybridized carbons (Fsp3) is 0.286. The molecule has 2 N–H and O–H groups in total. The van der Waals surface area contributed by atoms with Gasteiger partial charge in [0.05, 0.1) is 6.10 Å². The molecule has 25 heavy (non-hydrogen) atoms. The first-order valence-corrected chi connectivity index (χ1v) is 8.65. The van der Waals surface area contributed by atoms with E-state index in [0.717, 1.165) is 5.56 Å². The number of nitrogens with zero attached hydrogens (tertiary/aromatic N) is 1. The molecule has 3 rings (SSSR count). The number of nitrogens with one attached hydrogen (secondary N) is 1. The molecular formula is C21H24N2O2.